The standard InChI is InChI=1S/C20H21BrClN5O2.C3H8/c1-3-8-24-26-12(2)19-15(21)10-23-20(19)25-17(28)11-27-16-9-14(22)6-4-13(16)5-7-18(27)29;1-3-2/h4,6,8-10,23,26H,2-3,5,7,11H2,1H3,(H,25,28);3H2,1-2H3/b24-8-;. The number of rotatable bonds is 7. The van der Waals surface area contributed by atoms with E-state index in [-0.39, 0.29) is 18.4 Å². The van der Waals surface area contributed by atoms with Crippen LogP contribution in [0.25, 0.3) is 5.70 Å². The molecule has 172 valence electrons. The molecule has 3 rings (SSSR count). The minimum absolute atomic E-state index is 0.109. The summed E-state index contributed by atoms with van der Waals surface area (Å²) in [5, 5.41) is 7.39. The molecule has 32 heavy (non-hydrogen) atoms. The van der Waals surface area contributed by atoms with E-state index in [1.807, 2.05) is 13.0 Å². The highest BCUT2D eigenvalue weighted by Crippen LogP contribution is 2.31. The average molecular weight is 523 g/mol. The zero-order valence-electron chi connectivity index (χ0n) is 18.6. The van der Waals surface area contributed by atoms with Gasteiger partial charge < -0.3 is 15.2 Å². The van der Waals surface area contributed by atoms with Gasteiger partial charge in [0.2, 0.25) is 11.8 Å². The van der Waals surface area contributed by atoms with E-state index in [1.54, 1.807) is 24.5 Å². The Bertz CT molecular complexity index is 1000. The van der Waals surface area contributed by atoms with Gasteiger partial charge in [-0.1, -0.05) is 51.4 Å². The van der Waals surface area contributed by atoms with Crippen LogP contribution in [0.5, 0.6) is 0 Å². The van der Waals surface area contributed by atoms with E-state index in [1.165, 1.54) is 11.3 Å². The first-order chi connectivity index (χ1) is 15.3. The summed E-state index contributed by atoms with van der Waals surface area (Å²) < 4.78 is 0.725. The number of aryl methyl sites for hydroxylation is 1. The molecule has 0 unspecified atom stereocenters. The van der Waals surface area contributed by atoms with Crippen LogP contribution in [-0.2, 0) is 16.0 Å². The molecule has 0 radical (unpaired) electrons. The number of aromatic amines is 1. The molecular weight excluding hydrogens is 494 g/mol. The van der Waals surface area contributed by atoms with Crippen LogP contribution in [-0.4, -0.2) is 29.6 Å². The fourth-order valence-electron chi connectivity index (χ4n) is 3.07. The first kappa shape index (κ1) is 25.7. The maximum absolute atomic E-state index is 12.7. The molecule has 0 atom stereocenters. The first-order valence-corrected chi connectivity index (χ1v) is 11.7. The number of nitrogens with zero attached hydrogens (tertiary/aromatic N) is 2. The number of amides is 2. The van der Waals surface area contributed by atoms with Crippen molar-refractivity contribution in [2.45, 2.75) is 46.5 Å². The third kappa shape index (κ3) is 6.71. The fraction of sp³-hybridized carbons (Fsp3) is 0.348. The van der Waals surface area contributed by atoms with Crippen LogP contribution < -0.4 is 15.6 Å². The van der Waals surface area contributed by atoms with E-state index in [0.717, 1.165) is 16.5 Å². The number of H-pyrrole nitrogens is 1. The Morgan fingerprint density at radius 2 is 2.06 bits per heavy atom. The van der Waals surface area contributed by atoms with E-state index < -0.39 is 0 Å². The van der Waals surface area contributed by atoms with Crippen molar-refractivity contribution in [3.8, 4) is 0 Å². The SMILES string of the molecule is C=C(N/N=C\CC)c1c(Br)c[nH]c1NC(=O)CN1C(=O)CCc2ccc(Cl)cc21.CCC. The quantitative estimate of drug-likeness (QED) is 0.321. The number of hydrogen-bond donors (Lipinski definition) is 3. The maximum Gasteiger partial charge on any atom is 0.245 e. The van der Waals surface area contributed by atoms with Crippen molar-refractivity contribution < 1.29 is 9.59 Å². The van der Waals surface area contributed by atoms with Crippen LogP contribution >= 0.6 is 27.5 Å². The van der Waals surface area contributed by atoms with E-state index in [0.29, 0.717) is 40.6 Å². The molecule has 0 aliphatic carbocycles. The van der Waals surface area contributed by atoms with Gasteiger partial charge in [0.25, 0.3) is 0 Å². The fourth-order valence-corrected chi connectivity index (χ4v) is 3.79. The van der Waals surface area contributed by atoms with Gasteiger partial charge in [0.1, 0.15) is 12.4 Å². The van der Waals surface area contributed by atoms with Gasteiger partial charge in [0.15, 0.2) is 0 Å². The zero-order chi connectivity index (χ0) is 23.7. The van der Waals surface area contributed by atoms with Gasteiger partial charge in [0, 0.05) is 34.0 Å². The molecule has 0 fully saturated rings. The van der Waals surface area contributed by atoms with Crippen molar-refractivity contribution in [2.75, 3.05) is 16.8 Å². The summed E-state index contributed by atoms with van der Waals surface area (Å²) in [5.41, 5.74) is 5.69. The third-order valence-electron chi connectivity index (χ3n) is 4.42. The first-order valence-electron chi connectivity index (χ1n) is 10.5. The van der Waals surface area contributed by atoms with Crippen LogP contribution in [0.4, 0.5) is 11.5 Å². The second kappa shape index (κ2) is 12.5. The largest absolute Gasteiger partial charge is 0.346 e. The van der Waals surface area contributed by atoms with Crippen LogP contribution in [0.2, 0.25) is 5.02 Å². The molecule has 0 saturated heterocycles. The summed E-state index contributed by atoms with van der Waals surface area (Å²) in [6.45, 7) is 10.1. The van der Waals surface area contributed by atoms with Crippen molar-refractivity contribution in [3.05, 3.63) is 51.6 Å². The number of hydrogen-bond acceptors (Lipinski definition) is 4. The van der Waals surface area contributed by atoms with Crippen LogP contribution in [0.15, 0.2) is 40.5 Å². The monoisotopic (exact) mass is 521 g/mol. The van der Waals surface area contributed by atoms with Crippen molar-refractivity contribution in [1.29, 1.82) is 0 Å². The molecule has 0 spiro atoms. The Morgan fingerprint density at radius 3 is 2.75 bits per heavy atom. The van der Waals surface area contributed by atoms with E-state index in [4.69, 9.17) is 11.6 Å². The molecule has 2 heterocycles. The second-order valence-electron chi connectivity index (χ2n) is 7.21. The predicted octanol–water partition coefficient (Wildman–Crippen LogP) is 5.72. The number of carbonyl (C=O) groups excluding carboxylic acids is 2. The van der Waals surface area contributed by atoms with Gasteiger partial charge in [-0.25, -0.2) is 0 Å². The Labute approximate surface area is 202 Å². The third-order valence-corrected chi connectivity index (χ3v) is 5.28. The van der Waals surface area contributed by atoms with Crippen molar-refractivity contribution in [1.82, 2.24) is 10.4 Å². The Morgan fingerprint density at radius 1 is 1.34 bits per heavy atom. The van der Waals surface area contributed by atoms with Gasteiger partial charge in [-0.05, 0) is 46.5 Å². The number of aromatic nitrogens is 1. The number of fused-ring (bicyclic) bond motifs is 1. The van der Waals surface area contributed by atoms with Crippen molar-refractivity contribution in [2.24, 2.45) is 5.10 Å². The lowest BCUT2D eigenvalue weighted by Crippen LogP contribution is -2.41. The number of nitrogens with one attached hydrogen (secondary N) is 3. The van der Waals surface area contributed by atoms with E-state index in [9.17, 15) is 9.59 Å². The van der Waals surface area contributed by atoms with Crippen molar-refractivity contribution >= 4 is 62.8 Å². The summed E-state index contributed by atoms with van der Waals surface area (Å²) in [5.74, 6) is 0.0104. The molecular formula is C23H29BrClN5O2. The second-order valence-corrected chi connectivity index (χ2v) is 8.50. The zero-order valence-corrected chi connectivity index (χ0v) is 20.9. The smallest absolute Gasteiger partial charge is 0.245 e. The van der Waals surface area contributed by atoms with E-state index in [2.05, 4.69) is 57.2 Å². The summed E-state index contributed by atoms with van der Waals surface area (Å²) in [6.07, 6.45) is 6.45. The molecule has 0 bridgehead atoms. The molecule has 2 amide bonds. The Kier molecular flexibility index (Phi) is 9.99. The Balaban J connectivity index is 0.00000114. The van der Waals surface area contributed by atoms with E-state index >= 15 is 0 Å². The van der Waals surface area contributed by atoms with Crippen LogP contribution in [0.3, 0.4) is 0 Å². The number of benzene rings is 1. The summed E-state index contributed by atoms with van der Waals surface area (Å²) in [4.78, 5) is 29.6. The minimum atomic E-state index is -0.341. The predicted molar refractivity (Wildman–Crippen MR) is 136 cm³/mol. The molecule has 9 heteroatoms. The molecule has 0 saturated carbocycles. The molecule has 1 aromatic heterocycles. The van der Waals surface area contributed by atoms with Gasteiger partial charge in [-0.3, -0.25) is 15.0 Å². The molecule has 2 aromatic rings. The lowest BCUT2D eigenvalue weighted by Gasteiger charge is -2.29. The highest BCUT2D eigenvalue weighted by molar-refractivity contribution is 9.10. The number of carbonyl (C=O) groups is 2. The summed E-state index contributed by atoms with van der Waals surface area (Å²) in [6, 6.07) is 5.40. The summed E-state index contributed by atoms with van der Waals surface area (Å²) >= 11 is 9.53. The Hall–Kier alpha value is -2.58. The molecule has 1 aromatic carbocycles. The van der Waals surface area contributed by atoms with Crippen molar-refractivity contribution in [3.63, 3.8) is 0 Å². The normalized spacial score (nSPS) is 12.8. The summed E-state index contributed by atoms with van der Waals surface area (Å²) in [7, 11) is 0. The van der Waals surface area contributed by atoms with Gasteiger partial charge in [-0.2, -0.15) is 5.10 Å². The molecule has 1 aliphatic rings. The number of anilines is 2. The highest BCUT2D eigenvalue weighted by atomic mass is 79.9. The number of hydrazone groups is 1. The maximum atomic E-state index is 12.7. The number of halogens is 2. The minimum Gasteiger partial charge on any atom is -0.346 e. The van der Waals surface area contributed by atoms with Crippen LogP contribution in [0.1, 0.15) is 51.2 Å². The average Bonchev–Trinajstić information content (AvgIpc) is 3.11. The lowest BCUT2D eigenvalue weighted by atomic mass is 10.0. The molecule has 1 aliphatic heterocycles. The van der Waals surface area contributed by atoms with Gasteiger partial charge in [-0.15, -0.1) is 0 Å². The lowest BCUT2D eigenvalue weighted by molar-refractivity contribution is -0.121. The highest BCUT2D eigenvalue weighted by Gasteiger charge is 2.27. The van der Waals surface area contributed by atoms with Crippen LogP contribution in [0, 0.1) is 0 Å². The molecule has 7 nitrogen and oxygen atoms in total. The topological polar surface area (TPSA) is 89.6 Å². The van der Waals surface area contributed by atoms with Gasteiger partial charge in [0.05, 0.1) is 11.3 Å². The molecule has 3 N–H and O–H groups in total. The van der Waals surface area contributed by atoms with Gasteiger partial charge >= 0.3 is 0 Å².